The van der Waals surface area contributed by atoms with E-state index in [2.05, 4.69) is 0 Å². The summed E-state index contributed by atoms with van der Waals surface area (Å²) < 4.78 is 0. The van der Waals surface area contributed by atoms with Crippen molar-refractivity contribution in [2.45, 2.75) is 26.7 Å². The van der Waals surface area contributed by atoms with E-state index in [1.54, 1.807) is 4.90 Å². The number of carbonyl (C=O) groups is 2. The molecule has 1 N–H and O–H groups in total. The van der Waals surface area contributed by atoms with Gasteiger partial charge in [-0.1, -0.05) is 37.6 Å². The normalized spacial score (nSPS) is 23.1. The number of rotatable bonds is 4. The maximum Gasteiger partial charge on any atom is 0.306 e. The molecule has 1 aliphatic rings. The van der Waals surface area contributed by atoms with Gasteiger partial charge in [0, 0.05) is 24.0 Å². The monoisotopic (exact) mass is 323 g/mol. The SMILES string of the molecule is CC(Cc1cccc(Cl)c1)C(=O)N1CCC(C(=O)O)C(C)C1. The highest BCUT2D eigenvalue weighted by Gasteiger charge is 2.34. The summed E-state index contributed by atoms with van der Waals surface area (Å²) in [6.07, 6.45) is 1.18. The van der Waals surface area contributed by atoms with E-state index in [-0.39, 0.29) is 23.7 Å². The Kier molecular flexibility index (Phi) is 5.46. The van der Waals surface area contributed by atoms with Gasteiger partial charge in [-0.05, 0) is 36.5 Å². The Morgan fingerprint density at radius 1 is 1.45 bits per heavy atom. The van der Waals surface area contributed by atoms with Gasteiger partial charge in [0.2, 0.25) is 5.91 Å². The molecule has 0 bridgehead atoms. The lowest BCUT2D eigenvalue weighted by Crippen LogP contribution is -2.47. The van der Waals surface area contributed by atoms with Crippen LogP contribution in [0.1, 0.15) is 25.8 Å². The fraction of sp³-hybridized carbons (Fsp3) is 0.529. The van der Waals surface area contributed by atoms with Crippen LogP contribution in [-0.2, 0) is 16.0 Å². The summed E-state index contributed by atoms with van der Waals surface area (Å²) in [4.78, 5) is 25.5. The molecule has 3 unspecified atom stereocenters. The molecule has 1 amide bonds. The summed E-state index contributed by atoms with van der Waals surface area (Å²) in [7, 11) is 0. The first-order valence-corrected chi connectivity index (χ1v) is 8.02. The zero-order valence-corrected chi connectivity index (χ0v) is 13.7. The fourth-order valence-electron chi connectivity index (χ4n) is 3.13. The summed E-state index contributed by atoms with van der Waals surface area (Å²) >= 11 is 5.97. The molecule has 1 aromatic rings. The topological polar surface area (TPSA) is 57.6 Å². The summed E-state index contributed by atoms with van der Waals surface area (Å²) in [5.41, 5.74) is 1.04. The van der Waals surface area contributed by atoms with Gasteiger partial charge in [0.05, 0.1) is 5.92 Å². The Morgan fingerprint density at radius 3 is 2.77 bits per heavy atom. The van der Waals surface area contributed by atoms with E-state index in [9.17, 15) is 9.59 Å². The van der Waals surface area contributed by atoms with Crippen LogP contribution in [0.25, 0.3) is 0 Å². The number of nitrogens with zero attached hydrogens (tertiary/aromatic N) is 1. The Labute approximate surface area is 136 Å². The van der Waals surface area contributed by atoms with Gasteiger partial charge in [0.25, 0.3) is 0 Å². The first kappa shape index (κ1) is 16.8. The zero-order valence-electron chi connectivity index (χ0n) is 13.0. The predicted octanol–water partition coefficient (Wildman–Crippen LogP) is 3.09. The van der Waals surface area contributed by atoms with Crippen molar-refractivity contribution in [3.8, 4) is 0 Å². The molecule has 0 aromatic heterocycles. The van der Waals surface area contributed by atoms with Gasteiger partial charge in [0.1, 0.15) is 0 Å². The second-order valence-corrected chi connectivity index (χ2v) is 6.67. The molecule has 1 aliphatic heterocycles. The lowest BCUT2D eigenvalue weighted by Gasteiger charge is -2.36. The van der Waals surface area contributed by atoms with E-state index in [4.69, 9.17) is 16.7 Å². The highest BCUT2D eigenvalue weighted by molar-refractivity contribution is 6.30. The van der Waals surface area contributed by atoms with Crippen molar-refractivity contribution in [3.63, 3.8) is 0 Å². The van der Waals surface area contributed by atoms with Gasteiger partial charge in [-0.2, -0.15) is 0 Å². The van der Waals surface area contributed by atoms with Crippen molar-refractivity contribution in [2.24, 2.45) is 17.8 Å². The van der Waals surface area contributed by atoms with Crippen LogP contribution >= 0.6 is 11.6 Å². The number of hydrogen-bond acceptors (Lipinski definition) is 2. The highest BCUT2D eigenvalue weighted by Crippen LogP contribution is 2.25. The molecule has 1 aromatic carbocycles. The Balaban J connectivity index is 1.95. The van der Waals surface area contributed by atoms with E-state index in [0.717, 1.165) is 5.56 Å². The minimum absolute atomic E-state index is 0.00595. The third-order valence-electron chi connectivity index (χ3n) is 4.39. The van der Waals surface area contributed by atoms with Crippen molar-refractivity contribution in [1.29, 1.82) is 0 Å². The van der Waals surface area contributed by atoms with Gasteiger partial charge in [-0.3, -0.25) is 9.59 Å². The number of aliphatic carboxylic acids is 1. The van der Waals surface area contributed by atoms with Crippen molar-refractivity contribution >= 4 is 23.5 Å². The average molecular weight is 324 g/mol. The van der Waals surface area contributed by atoms with Gasteiger partial charge >= 0.3 is 5.97 Å². The minimum atomic E-state index is -0.758. The van der Waals surface area contributed by atoms with Gasteiger partial charge in [-0.15, -0.1) is 0 Å². The van der Waals surface area contributed by atoms with Crippen LogP contribution in [0.3, 0.4) is 0 Å². The number of likely N-dealkylation sites (tertiary alicyclic amines) is 1. The van der Waals surface area contributed by atoms with Crippen LogP contribution in [0.4, 0.5) is 0 Å². The third-order valence-corrected chi connectivity index (χ3v) is 4.62. The van der Waals surface area contributed by atoms with Crippen molar-refractivity contribution in [1.82, 2.24) is 4.90 Å². The predicted molar refractivity (Wildman–Crippen MR) is 85.8 cm³/mol. The number of carbonyl (C=O) groups excluding carboxylic acids is 1. The molecular formula is C17H22ClNO3. The van der Waals surface area contributed by atoms with Crippen LogP contribution in [-0.4, -0.2) is 35.0 Å². The fourth-order valence-corrected chi connectivity index (χ4v) is 3.34. The molecule has 2 rings (SSSR count). The molecule has 0 aliphatic carbocycles. The minimum Gasteiger partial charge on any atom is -0.481 e. The quantitative estimate of drug-likeness (QED) is 0.926. The second-order valence-electron chi connectivity index (χ2n) is 6.23. The zero-order chi connectivity index (χ0) is 16.3. The first-order chi connectivity index (χ1) is 10.4. The van der Waals surface area contributed by atoms with Crippen LogP contribution in [0.15, 0.2) is 24.3 Å². The molecule has 1 fully saturated rings. The highest BCUT2D eigenvalue weighted by atomic mass is 35.5. The molecule has 3 atom stereocenters. The van der Waals surface area contributed by atoms with E-state index in [1.165, 1.54) is 0 Å². The molecule has 4 nitrogen and oxygen atoms in total. The summed E-state index contributed by atoms with van der Waals surface area (Å²) in [5.74, 6) is -1.14. The number of benzene rings is 1. The molecule has 1 heterocycles. The van der Waals surface area contributed by atoms with Crippen molar-refractivity contribution in [2.75, 3.05) is 13.1 Å². The smallest absolute Gasteiger partial charge is 0.306 e. The van der Waals surface area contributed by atoms with Crippen molar-refractivity contribution < 1.29 is 14.7 Å². The van der Waals surface area contributed by atoms with E-state index in [1.807, 2.05) is 38.1 Å². The molecule has 0 radical (unpaired) electrons. The molecule has 5 heteroatoms. The third kappa shape index (κ3) is 4.01. The average Bonchev–Trinajstić information content (AvgIpc) is 2.45. The number of amides is 1. The van der Waals surface area contributed by atoms with Crippen molar-refractivity contribution in [3.05, 3.63) is 34.9 Å². The van der Waals surface area contributed by atoms with Crippen LogP contribution in [0.2, 0.25) is 5.02 Å². The first-order valence-electron chi connectivity index (χ1n) is 7.64. The van der Waals surface area contributed by atoms with Gasteiger partial charge < -0.3 is 10.0 Å². The molecule has 0 saturated carbocycles. The Morgan fingerprint density at radius 2 is 2.18 bits per heavy atom. The lowest BCUT2D eigenvalue weighted by molar-refractivity contribution is -0.149. The van der Waals surface area contributed by atoms with Crippen LogP contribution in [0.5, 0.6) is 0 Å². The summed E-state index contributed by atoms with van der Waals surface area (Å²) in [5, 5.41) is 9.82. The molecule has 120 valence electrons. The number of halogens is 1. The van der Waals surface area contributed by atoms with E-state index < -0.39 is 5.97 Å². The Hall–Kier alpha value is -1.55. The number of carboxylic acids is 1. The van der Waals surface area contributed by atoms with Crippen LogP contribution in [0, 0.1) is 17.8 Å². The molecule has 1 saturated heterocycles. The Bertz CT molecular complexity index is 561. The lowest BCUT2D eigenvalue weighted by atomic mass is 9.86. The van der Waals surface area contributed by atoms with Crippen LogP contribution < -0.4 is 0 Å². The number of hydrogen-bond donors (Lipinski definition) is 1. The number of carboxylic acid groups (broad SMARTS) is 1. The maximum absolute atomic E-state index is 12.6. The van der Waals surface area contributed by atoms with E-state index >= 15 is 0 Å². The van der Waals surface area contributed by atoms with Gasteiger partial charge in [0.15, 0.2) is 0 Å². The second kappa shape index (κ2) is 7.14. The van der Waals surface area contributed by atoms with Gasteiger partial charge in [-0.25, -0.2) is 0 Å². The standard InChI is InChI=1S/C17H22ClNO3/c1-11(8-13-4-3-5-14(18)9-13)16(20)19-7-6-15(17(21)22)12(2)10-19/h3-5,9,11-12,15H,6-8,10H2,1-2H3,(H,21,22). The summed E-state index contributed by atoms with van der Waals surface area (Å²) in [6, 6.07) is 7.55. The maximum atomic E-state index is 12.6. The molecule has 0 spiro atoms. The largest absolute Gasteiger partial charge is 0.481 e. The molecular weight excluding hydrogens is 302 g/mol. The van der Waals surface area contributed by atoms with E-state index in [0.29, 0.717) is 31.0 Å². The molecule has 22 heavy (non-hydrogen) atoms. The summed E-state index contributed by atoms with van der Waals surface area (Å²) in [6.45, 7) is 4.87. The number of piperidine rings is 1.